The summed E-state index contributed by atoms with van der Waals surface area (Å²) in [6, 6.07) is 2.69. The number of nitrogens with zero attached hydrogens (tertiary/aromatic N) is 2. The van der Waals surface area contributed by atoms with Gasteiger partial charge in [0.25, 0.3) is 0 Å². The van der Waals surface area contributed by atoms with E-state index in [1.165, 1.54) is 12.8 Å². The Hall–Kier alpha value is -1.13. The van der Waals surface area contributed by atoms with Crippen molar-refractivity contribution in [3.05, 3.63) is 24.0 Å². The van der Waals surface area contributed by atoms with Crippen LogP contribution in [0.1, 0.15) is 18.4 Å². The van der Waals surface area contributed by atoms with Gasteiger partial charge in [-0.05, 0) is 26.0 Å². The predicted molar refractivity (Wildman–Crippen MR) is 63.3 cm³/mol. The van der Waals surface area contributed by atoms with Crippen molar-refractivity contribution in [3.8, 4) is 5.75 Å². The van der Waals surface area contributed by atoms with Gasteiger partial charge in [-0.15, -0.1) is 0 Å². The Labute approximate surface area is 96.4 Å². The molecule has 0 spiro atoms. The second kappa shape index (κ2) is 5.27. The number of likely N-dealkylation sites (N-methyl/N-ethyl adjacent to an activating group) is 1. The molecule has 0 aliphatic heterocycles. The Morgan fingerprint density at radius 2 is 2.38 bits per heavy atom. The van der Waals surface area contributed by atoms with Crippen LogP contribution >= 0.6 is 0 Å². The quantitative estimate of drug-likeness (QED) is 0.779. The van der Waals surface area contributed by atoms with Crippen LogP contribution in [0, 0.1) is 0 Å². The van der Waals surface area contributed by atoms with Crippen LogP contribution in [-0.2, 0) is 6.54 Å². The van der Waals surface area contributed by atoms with E-state index in [1.807, 2.05) is 6.07 Å². The van der Waals surface area contributed by atoms with Gasteiger partial charge in [-0.3, -0.25) is 4.98 Å². The van der Waals surface area contributed by atoms with Gasteiger partial charge in [0.15, 0.2) is 0 Å². The molecular formula is C12H19N3O. The van der Waals surface area contributed by atoms with Crippen LogP contribution in [-0.4, -0.2) is 36.1 Å². The molecule has 1 aliphatic rings. The highest BCUT2D eigenvalue weighted by atomic mass is 16.5. The summed E-state index contributed by atoms with van der Waals surface area (Å²) in [5, 5.41) is 0. The normalized spacial score (nSPS) is 15.4. The first kappa shape index (κ1) is 11.4. The lowest BCUT2D eigenvalue weighted by molar-refractivity contribution is 0.230. The first-order chi connectivity index (χ1) is 7.81. The van der Waals surface area contributed by atoms with Crippen LogP contribution in [0.4, 0.5) is 0 Å². The summed E-state index contributed by atoms with van der Waals surface area (Å²) in [5.74, 6) is 0.814. The molecule has 88 valence electrons. The number of pyridine rings is 1. The van der Waals surface area contributed by atoms with E-state index in [0.717, 1.165) is 23.9 Å². The number of nitrogens with two attached hydrogens (primary N) is 1. The highest BCUT2D eigenvalue weighted by Gasteiger charge is 2.25. The third-order valence-corrected chi connectivity index (χ3v) is 2.96. The van der Waals surface area contributed by atoms with E-state index < -0.39 is 0 Å². The maximum absolute atomic E-state index is 5.69. The summed E-state index contributed by atoms with van der Waals surface area (Å²) in [5.41, 5.74) is 6.64. The molecule has 1 aliphatic carbocycles. The Morgan fingerprint density at radius 1 is 1.56 bits per heavy atom. The molecule has 1 saturated carbocycles. The molecule has 1 fully saturated rings. The zero-order valence-electron chi connectivity index (χ0n) is 9.72. The molecule has 1 aromatic rings. The second-order valence-electron chi connectivity index (χ2n) is 4.25. The van der Waals surface area contributed by atoms with Gasteiger partial charge in [-0.25, -0.2) is 0 Å². The van der Waals surface area contributed by atoms with E-state index in [0.29, 0.717) is 13.2 Å². The lowest BCUT2D eigenvalue weighted by Crippen LogP contribution is -2.26. The Kier molecular flexibility index (Phi) is 3.74. The number of hydrogen-bond acceptors (Lipinski definition) is 4. The largest absolute Gasteiger partial charge is 0.490 e. The smallest absolute Gasteiger partial charge is 0.142 e. The Balaban J connectivity index is 1.79. The van der Waals surface area contributed by atoms with Crippen molar-refractivity contribution in [1.82, 2.24) is 9.88 Å². The summed E-state index contributed by atoms with van der Waals surface area (Å²) in [7, 11) is 2.15. The fourth-order valence-corrected chi connectivity index (χ4v) is 1.70. The zero-order valence-corrected chi connectivity index (χ0v) is 9.72. The summed E-state index contributed by atoms with van der Waals surface area (Å²) >= 11 is 0. The van der Waals surface area contributed by atoms with Gasteiger partial charge in [0.05, 0.1) is 6.20 Å². The predicted octanol–water partition coefficient (Wildman–Crippen LogP) is 1.01. The lowest BCUT2D eigenvalue weighted by Gasteiger charge is -2.16. The van der Waals surface area contributed by atoms with E-state index in [-0.39, 0.29) is 0 Å². The van der Waals surface area contributed by atoms with Gasteiger partial charge in [0.2, 0.25) is 0 Å². The summed E-state index contributed by atoms with van der Waals surface area (Å²) in [6.07, 6.45) is 6.14. The monoisotopic (exact) mass is 221 g/mol. The van der Waals surface area contributed by atoms with Crippen LogP contribution in [0.2, 0.25) is 0 Å². The first-order valence-electron chi connectivity index (χ1n) is 5.77. The molecular weight excluding hydrogens is 202 g/mol. The molecule has 0 saturated heterocycles. The van der Waals surface area contributed by atoms with Crippen LogP contribution < -0.4 is 10.5 Å². The minimum Gasteiger partial charge on any atom is -0.490 e. The minimum absolute atomic E-state index is 0.496. The van der Waals surface area contributed by atoms with Crippen LogP contribution in [0.5, 0.6) is 5.75 Å². The molecule has 0 amide bonds. The second-order valence-corrected chi connectivity index (χ2v) is 4.25. The third-order valence-electron chi connectivity index (χ3n) is 2.96. The van der Waals surface area contributed by atoms with E-state index in [2.05, 4.69) is 16.9 Å². The molecule has 1 aromatic heterocycles. The average molecular weight is 221 g/mol. The molecule has 16 heavy (non-hydrogen) atoms. The molecule has 4 heteroatoms. The molecule has 4 nitrogen and oxygen atoms in total. The Morgan fingerprint density at radius 3 is 3.06 bits per heavy atom. The van der Waals surface area contributed by atoms with E-state index in [1.54, 1.807) is 12.4 Å². The number of hydrogen-bond donors (Lipinski definition) is 1. The van der Waals surface area contributed by atoms with Crippen LogP contribution in [0.3, 0.4) is 0 Å². The number of rotatable bonds is 6. The number of ether oxygens (including phenoxy) is 1. The fraction of sp³-hybridized carbons (Fsp3) is 0.583. The van der Waals surface area contributed by atoms with Crippen molar-refractivity contribution in [2.75, 3.05) is 20.2 Å². The van der Waals surface area contributed by atoms with Gasteiger partial charge >= 0.3 is 0 Å². The van der Waals surface area contributed by atoms with E-state index >= 15 is 0 Å². The summed E-state index contributed by atoms with van der Waals surface area (Å²) in [6.45, 7) is 2.16. The maximum atomic E-state index is 5.69. The highest BCUT2D eigenvalue weighted by Crippen LogP contribution is 2.25. The van der Waals surface area contributed by atoms with Gasteiger partial charge < -0.3 is 15.4 Å². The first-order valence-corrected chi connectivity index (χ1v) is 5.77. The topological polar surface area (TPSA) is 51.4 Å². The molecule has 0 aromatic carbocycles. The molecule has 0 bridgehead atoms. The van der Waals surface area contributed by atoms with Crippen molar-refractivity contribution in [2.45, 2.75) is 25.4 Å². The lowest BCUT2D eigenvalue weighted by atomic mass is 10.2. The maximum Gasteiger partial charge on any atom is 0.142 e. The van der Waals surface area contributed by atoms with Crippen molar-refractivity contribution in [1.29, 1.82) is 0 Å². The molecule has 2 rings (SSSR count). The standard InChI is InChI=1S/C12H19N3O/c1-15(11-2-3-11)6-7-16-12-9-14-5-4-10(12)8-13/h4-5,9,11H,2-3,6-8,13H2,1H3. The molecule has 0 radical (unpaired) electrons. The number of aromatic nitrogens is 1. The molecule has 0 unspecified atom stereocenters. The SMILES string of the molecule is CN(CCOc1cnccc1CN)C1CC1. The van der Waals surface area contributed by atoms with Gasteiger partial charge in [0, 0.05) is 30.9 Å². The van der Waals surface area contributed by atoms with E-state index in [9.17, 15) is 0 Å². The third kappa shape index (κ3) is 2.93. The molecule has 0 atom stereocenters. The molecule has 2 N–H and O–H groups in total. The highest BCUT2D eigenvalue weighted by molar-refractivity contribution is 5.29. The summed E-state index contributed by atoms with van der Waals surface area (Å²) in [4.78, 5) is 6.39. The molecule has 1 heterocycles. The summed E-state index contributed by atoms with van der Waals surface area (Å²) < 4.78 is 5.69. The van der Waals surface area contributed by atoms with Gasteiger partial charge in [0.1, 0.15) is 12.4 Å². The van der Waals surface area contributed by atoms with Crippen LogP contribution in [0.15, 0.2) is 18.5 Å². The van der Waals surface area contributed by atoms with Gasteiger partial charge in [-0.2, -0.15) is 0 Å². The zero-order chi connectivity index (χ0) is 11.4. The van der Waals surface area contributed by atoms with Crippen molar-refractivity contribution >= 4 is 0 Å². The minimum atomic E-state index is 0.496. The van der Waals surface area contributed by atoms with Crippen molar-refractivity contribution in [3.63, 3.8) is 0 Å². The van der Waals surface area contributed by atoms with E-state index in [4.69, 9.17) is 10.5 Å². The van der Waals surface area contributed by atoms with Crippen molar-refractivity contribution in [2.24, 2.45) is 5.73 Å². The Bertz CT molecular complexity index is 339. The fourth-order valence-electron chi connectivity index (χ4n) is 1.70. The van der Waals surface area contributed by atoms with Gasteiger partial charge in [-0.1, -0.05) is 0 Å². The van der Waals surface area contributed by atoms with Crippen LogP contribution in [0.25, 0.3) is 0 Å². The van der Waals surface area contributed by atoms with Crippen molar-refractivity contribution < 1.29 is 4.74 Å². The average Bonchev–Trinajstić information content (AvgIpc) is 3.13.